The van der Waals surface area contributed by atoms with E-state index in [0.29, 0.717) is 0 Å². The molecule has 0 aliphatic heterocycles. The van der Waals surface area contributed by atoms with Crippen LogP contribution in [0.25, 0.3) is 0 Å². The third-order valence-electron chi connectivity index (χ3n) is 0.201. The molecule has 0 heterocycles. The van der Waals surface area contributed by atoms with E-state index in [1.54, 1.807) is 0 Å². The molecule has 0 bridgehead atoms. The van der Waals surface area contributed by atoms with Gasteiger partial charge in [0.1, 0.15) is 0 Å². The van der Waals surface area contributed by atoms with E-state index in [4.69, 9.17) is 4.11 Å². The van der Waals surface area contributed by atoms with E-state index >= 15 is 0 Å². The number of hydrogen-bond donors (Lipinski definition) is 1. The zero-order valence-corrected chi connectivity index (χ0v) is 3.83. The van der Waals surface area contributed by atoms with Crippen molar-refractivity contribution in [2.24, 2.45) is 5.14 Å². The van der Waals surface area contributed by atoms with E-state index in [-0.39, 0.29) is 0 Å². The molecule has 6 heavy (non-hydrogen) atoms. The van der Waals surface area contributed by atoms with Gasteiger partial charge in [-0.25, -0.2) is 13.6 Å². The van der Waals surface area contributed by atoms with E-state index in [1.807, 2.05) is 0 Å². The first-order chi connectivity index (χ1) is 3.71. The Labute approximate surface area is 41.4 Å². The molecule has 0 aliphatic carbocycles. The molecule has 0 aromatic carbocycles. The number of nitrogens with two attached hydrogens (primary N) is 1. The summed E-state index contributed by atoms with van der Waals surface area (Å²) in [6, 6.07) is 0. The van der Waals surface area contributed by atoms with Crippen LogP contribution < -0.4 is 5.14 Å². The van der Waals surface area contributed by atoms with Crippen molar-refractivity contribution in [1.29, 1.82) is 0 Å². The van der Waals surface area contributed by atoms with Crippen LogP contribution in [0.5, 0.6) is 0 Å². The van der Waals surface area contributed by atoms with Crippen molar-refractivity contribution in [3.63, 3.8) is 0 Å². The molecule has 4 heteroatoms. The monoisotopic (exact) mass is 112 g/mol. The second-order valence-corrected chi connectivity index (χ2v) is 2.42. The minimum absolute atomic E-state index is 0.958. The average molecular weight is 112 g/mol. The van der Waals surface area contributed by atoms with Gasteiger partial charge in [-0.1, -0.05) is 0 Å². The molecular weight excluding hydrogens is 102 g/mol. The summed E-state index contributed by atoms with van der Waals surface area (Å²) in [6.07, 6.45) is 0. The van der Waals surface area contributed by atoms with Crippen LogP contribution in [-0.2, 0) is 10.0 Å². The second kappa shape index (κ2) is 1.57. The van der Waals surface area contributed by atoms with Crippen LogP contribution in [0.4, 0.5) is 0 Å². The Hall–Kier alpha value is -0.0900. The van der Waals surface area contributed by atoms with Crippen LogP contribution in [0.3, 0.4) is 0 Å². The number of rotatable bonds is 1. The summed E-state index contributed by atoms with van der Waals surface area (Å²) in [6.45, 7) is -2.48. The van der Waals surface area contributed by atoms with Crippen LogP contribution in [-0.4, -0.2) is 14.2 Å². The first-order valence-electron chi connectivity index (χ1n) is 2.71. The molecule has 0 aromatic heterocycles. The zero-order chi connectivity index (χ0) is 7.71. The quantitative estimate of drug-likeness (QED) is 0.487. The van der Waals surface area contributed by atoms with Crippen LogP contribution >= 0.6 is 0 Å². The Morgan fingerprint density at radius 1 is 2.00 bits per heavy atom. The molecular formula is C2H7NO2S. The van der Waals surface area contributed by atoms with Gasteiger partial charge >= 0.3 is 0 Å². The van der Waals surface area contributed by atoms with Crippen molar-refractivity contribution in [1.82, 2.24) is 0 Å². The maximum atomic E-state index is 10.1. The summed E-state index contributed by atoms with van der Waals surface area (Å²) in [5.74, 6) is -0.958. The maximum Gasteiger partial charge on any atom is 0.208 e. The third-order valence-corrected chi connectivity index (χ3v) is 0.604. The van der Waals surface area contributed by atoms with Crippen molar-refractivity contribution in [2.45, 2.75) is 6.85 Å². The van der Waals surface area contributed by atoms with Crippen molar-refractivity contribution in [2.75, 3.05) is 5.75 Å². The molecule has 0 amide bonds. The van der Waals surface area contributed by atoms with Crippen LogP contribution in [0.1, 0.15) is 11.0 Å². The van der Waals surface area contributed by atoms with E-state index in [1.165, 1.54) is 0 Å². The van der Waals surface area contributed by atoms with Gasteiger partial charge in [-0.15, -0.1) is 0 Å². The lowest BCUT2D eigenvalue weighted by atomic mass is 11.0. The van der Waals surface area contributed by atoms with Gasteiger partial charge in [0.25, 0.3) is 0 Å². The molecule has 0 unspecified atom stereocenters. The Morgan fingerprint density at radius 3 is 2.50 bits per heavy atom. The molecule has 0 aromatic rings. The Bertz CT molecular complexity index is 180. The van der Waals surface area contributed by atoms with E-state index < -0.39 is 22.6 Å². The van der Waals surface area contributed by atoms with Gasteiger partial charge in [0, 0.05) is 4.11 Å². The van der Waals surface area contributed by atoms with Crippen LogP contribution in [0, 0.1) is 0 Å². The summed E-state index contributed by atoms with van der Waals surface area (Å²) < 4.78 is 39.5. The van der Waals surface area contributed by atoms with Crippen molar-refractivity contribution >= 4 is 10.0 Å². The van der Waals surface area contributed by atoms with Crippen LogP contribution in [0.15, 0.2) is 0 Å². The number of sulfonamides is 1. The minimum Gasteiger partial charge on any atom is -0.229 e. The summed E-state index contributed by atoms with van der Waals surface area (Å²) >= 11 is 0. The Kier molecular flexibility index (Phi) is 0.597. The molecule has 38 valence electrons. The highest BCUT2D eigenvalue weighted by atomic mass is 32.2. The Morgan fingerprint density at radius 2 is 2.50 bits per heavy atom. The fraction of sp³-hybridized carbons (Fsp3) is 1.00. The number of hydrogen-bond acceptors (Lipinski definition) is 2. The lowest BCUT2D eigenvalue weighted by Crippen LogP contribution is -2.13. The SMILES string of the molecule is [2H]C([2H])([2H])CS(N)(=O)=O. The number of primary sulfonamides is 1. The third kappa shape index (κ3) is 3.91. The normalized spacial score (nSPS) is 21.2. The summed E-state index contributed by atoms with van der Waals surface area (Å²) in [4.78, 5) is 0. The predicted molar refractivity (Wildman–Crippen MR) is 23.6 cm³/mol. The van der Waals surface area contributed by atoms with Crippen molar-refractivity contribution in [3.05, 3.63) is 0 Å². The van der Waals surface area contributed by atoms with Gasteiger partial charge in [0.2, 0.25) is 10.0 Å². The molecule has 2 N–H and O–H groups in total. The molecule has 0 atom stereocenters. The molecule has 0 radical (unpaired) electrons. The van der Waals surface area contributed by atoms with Crippen LogP contribution in [0.2, 0.25) is 0 Å². The molecule has 0 saturated carbocycles. The minimum atomic E-state index is -3.84. The van der Waals surface area contributed by atoms with Gasteiger partial charge in [-0.3, -0.25) is 0 Å². The molecule has 3 nitrogen and oxygen atoms in total. The van der Waals surface area contributed by atoms with E-state index in [0.717, 1.165) is 0 Å². The largest absolute Gasteiger partial charge is 0.229 e. The standard InChI is InChI=1S/C2H7NO2S/c1-2-6(3,4)5/h2H2,1H3,(H2,3,4,5)/i1D3. The molecule has 0 rings (SSSR count). The van der Waals surface area contributed by atoms with Crippen molar-refractivity contribution in [3.8, 4) is 0 Å². The maximum absolute atomic E-state index is 10.1. The fourth-order valence-corrected chi connectivity index (χ4v) is 0. The highest BCUT2D eigenvalue weighted by Gasteiger charge is 1.90. The summed E-state index contributed by atoms with van der Waals surface area (Å²) in [5, 5.41) is 4.43. The summed E-state index contributed by atoms with van der Waals surface area (Å²) in [7, 11) is -3.84. The molecule has 0 fully saturated rings. The summed E-state index contributed by atoms with van der Waals surface area (Å²) in [5.41, 5.74) is 0. The lowest BCUT2D eigenvalue weighted by molar-refractivity contribution is 0.599. The fourth-order valence-electron chi connectivity index (χ4n) is 0. The smallest absolute Gasteiger partial charge is 0.208 e. The van der Waals surface area contributed by atoms with Gasteiger partial charge < -0.3 is 0 Å². The van der Waals surface area contributed by atoms with Gasteiger partial charge in [0.15, 0.2) is 0 Å². The zero-order valence-electron chi connectivity index (χ0n) is 6.01. The predicted octanol–water partition coefficient (Wildman–Crippen LogP) is -0.705. The first-order valence-corrected chi connectivity index (χ1v) is 2.93. The van der Waals surface area contributed by atoms with E-state index in [2.05, 4.69) is 5.14 Å². The van der Waals surface area contributed by atoms with Gasteiger partial charge in [0.05, 0.1) is 5.75 Å². The average Bonchev–Trinajstić information content (AvgIpc) is 1.14. The first kappa shape index (κ1) is 2.28. The topological polar surface area (TPSA) is 60.2 Å². The Balaban J connectivity index is 4.07. The highest BCUT2D eigenvalue weighted by molar-refractivity contribution is 7.89. The highest BCUT2D eigenvalue weighted by Crippen LogP contribution is 1.68. The molecule has 0 spiro atoms. The lowest BCUT2D eigenvalue weighted by Gasteiger charge is -1.81. The van der Waals surface area contributed by atoms with E-state index in [9.17, 15) is 8.42 Å². The molecule has 0 saturated heterocycles. The molecule has 0 aliphatic rings. The second-order valence-electron chi connectivity index (χ2n) is 0.807. The van der Waals surface area contributed by atoms with Gasteiger partial charge in [-0.05, 0) is 6.85 Å². The van der Waals surface area contributed by atoms with Crippen molar-refractivity contribution < 1.29 is 12.5 Å². The van der Waals surface area contributed by atoms with Gasteiger partial charge in [-0.2, -0.15) is 0 Å².